The lowest BCUT2D eigenvalue weighted by atomic mass is 9.68. The number of rotatable bonds is 19. The minimum atomic E-state index is -1.62. The van der Waals surface area contributed by atoms with Crippen molar-refractivity contribution in [1.82, 2.24) is 0 Å². The Labute approximate surface area is 260 Å². The van der Waals surface area contributed by atoms with E-state index in [0.717, 1.165) is 18.8 Å². The van der Waals surface area contributed by atoms with Gasteiger partial charge in [-0.3, -0.25) is 14.4 Å². The van der Waals surface area contributed by atoms with Gasteiger partial charge in [0.05, 0.1) is 16.9 Å². The van der Waals surface area contributed by atoms with Crippen molar-refractivity contribution < 1.29 is 53.0 Å². The molecule has 8 atom stereocenters. The predicted octanol–water partition coefficient (Wildman–Crippen LogP) is 4.76. The summed E-state index contributed by atoms with van der Waals surface area (Å²) in [4.78, 5) is 47.4. The molecule has 250 valence electrons. The highest BCUT2D eigenvalue weighted by Gasteiger charge is 2.54. The summed E-state index contributed by atoms with van der Waals surface area (Å²) in [7, 11) is 0. The highest BCUT2D eigenvalue weighted by Crippen LogP contribution is 2.57. The Morgan fingerprint density at radius 3 is 2.41 bits per heavy atom. The summed E-state index contributed by atoms with van der Waals surface area (Å²) >= 11 is 0. The van der Waals surface area contributed by atoms with E-state index in [0.29, 0.717) is 36.9 Å². The number of carbonyl (C=O) groups excluding carboxylic acids is 3. The van der Waals surface area contributed by atoms with Crippen LogP contribution in [-0.2, 0) is 38.4 Å². The molecule has 44 heavy (non-hydrogen) atoms. The molecule has 0 saturated heterocycles. The molecule has 3 aliphatic rings. The van der Waals surface area contributed by atoms with Crippen LogP contribution in [0.4, 0.5) is 4.39 Å². The fourth-order valence-corrected chi connectivity index (χ4v) is 7.32. The molecule has 11 heteroatoms. The Bertz CT molecular complexity index is 1010. The normalized spacial score (nSPS) is 27.9. The van der Waals surface area contributed by atoms with Crippen LogP contribution < -0.4 is 0 Å². The van der Waals surface area contributed by atoms with E-state index < -0.39 is 54.4 Å². The van der Waals surface area contributed by atoms with E-state index >= 15 is 0 Å². The molecule has 2 N–H and O–H groups in total. The summed E-state index contributed by atoms with van der Waals surface area (Å²) in [5.41, 5.74) is -2.78. The standard InChI is InChI=1S/C33H51FO10/c1-6-15-40-30(38)32(3,4)19-33(5,20-34)31(39)41-17-24(35)18-42-44-21(2)9-7-8-10-27(36)43-26-14-13-25-22-11-12-23(16-22)28(25)29(26)37/h6,22-26,28-29,35,37H,1-2,7-20H2,3-5H3. The first-order chi connectivity index (χ1) is 20.8. The van der Waals surface area contributed by atoms with Gasteiger partial charge >= 0.3 is 17.9 Å². The Morgan fingerprint density at radius 1 is 1.00 bits per heavy atom. The van der Waals surface area contributed by atoms with Gasteiger partial charge in [0.1, 0.15) is 44.5 Å². The molecule has 0 aromatic rings. The zero-order valence-electron chi connectivity index (χ0n) is 26.5. The van der Waals surface area contributed by atoms with Gasteiger partial charge in [-0.15, -0.1) is 0 Å². The second-order valence-corrected chi connectivity index (χ2v) is 13.7. The first kappa shape index (κ1) is 36.0. The Kier molecular flexibility index (Phi) is 13.2. The van der Waals surface area contributed by atoms with E-state index in [-0.39, 0.29) is 37.9 Å². The summed E-state index contributed by atoms with van der Waals surface area (Å²) in [6.07, 6.45) is 6.24. The van der Waals surface area contributed by atoms with E-state index in [9.17, 15) is 29.0 Å². The van der Waals surface area contributed by atoms with Crippen LogP contribution in [-0.4, -0.2) is 72.9 Å². The van der Waals surface area contributed by atoms with Crippen LogP contribution in [0.5, 0.6) is 0 Å². The number of hydrogen-bond donors (Lipinski definition) is 2. The molecule has 0 heterocycles. The number of ether oxygens (including phenoxy) is 3. The molecule has 0 aliphatic heterocycles. The van der Waals surface area contributed by atoms with E-state index in [2.05, 4.69) is 13.2 Å². The molecule has 3 rings (SSSR count). The first-order valence-corrected chi connectivity index (χ1v) is 15.9. The Hall–Kier alpha value is -2.50. The van der Waals surface area contributed by atoms with Gasteiger partial charge in [-0.25, -0.2) is 4.39 Å². The Balaban J connectivity index is 1.26. The van der Waals surface area contributed by atoms with Crippen molar-refractivity contribution in [3.63, 3.8) is 0 Å². The fraction of sp³-hybridized carbons (Fsp3) is 0.788. The number of alkyl halides is 1. The maximum absolute atomic E-state index is 13.9. The molecule has 2 bridgehead atoms. The average molecular weight is 627 g/mol. The number of aliphatic hydroxyl groups excluding tert-OH is 2. The average Bonchev–Trinajstić information content (AvgIpc) is 3.61. The van der Waals surface area contributed by atoms with Gasteiger partial charge in [0.15, 0.2) is 0 Å². The number of halogens is 1. The summed E-state index contributed by atoms with van der Waals surface area (Å²) in [6.45, 7) is 9.81. The summed E-state index contributed by atoms with van der Waals surface area (Å²) in [6, 6.07) is 0. The molecule has 0 radical (unpaired) electrons. The van der Waals surface area contributed by atoms with Crippen LogP contribution >= 0.6 is 0 Å². The number of allylic oxidation sites excluding steroid dienone is 1. The fourth-order valence-electron chi connectivity index (χ4n) is 7.32. The van der Waals surface area contributed by atoms with E-state index in [1.54, 1.807) is 13.8 Å². The highest BCUT2D eigenvalue weighted by atomic mass is 19.1. The van der Waals surface area contributed by atoms with Crippen LogP contribution in [0, 0.1) is 34.5 Å². The minimum Gasteiger partial charge on any atom is -0.462 e. The third kappa shape index (κ3) is 9.50. The topological polar surface area (TPSA) is 138 Å². The highest BCUT2D eigenvalue weighted by molar-refractivity contribution is 5.80. The molecule has 0 amide bonds. The van der Waals surface area contributed by atoms with Gasteiger partial charge in [0, 0.05) is 12.8 Å². The summed E-state index contributed by atoms with van der Waals surface area (Å²) < 4.78 is 29.7. The van der Waals surface area contributed by atoms with Crippen molar-refractivity contribution in [1.29, 1.82) is 0 Å². The van der Waals surface area contributed by atoms with Gasteiger partial charge < -0.3 is 29.3 Å². The number of hydrogen-bond acceptors (Lipinski definition) is 10. The van der Waals surface area contributed by atoms with Gasteiger partial charge in [0.25, 0.3) is 0 Å². The smallest absolute Gasteiger partial charge is 0.314 e. The maximum Gasteiger partial charge on any atom is 0.314 e. The molecular formula is C33H51FO10. The van der Waals surface area contributed by atoms with Crippen LogP contribution in [0.1, 0.15) is 85.0 Å². The van der Waals surface area contributed by atoms with Gasteiger partial charge in [-0.1, -0.05) is 19.2 Å². The quantitative estimate of drug-likeness (QED) is 0.0393. The molecule has 8 unspecified atom stereocenters. The molecule has 3 saturated carbocycles. The molecule has 10 nitrogen and oxygen atoms in total. The van der Waals surface area contributed by atoms with E-state index in [1.165, 1.54) is 32.3 Å². The van der Waals surface area contributed by atoms with Gasteiger partial charge in [-0.05, 0) is 95.8 Å². The summed E-state index contributed by atoms with van der Waals surface area (Å²) in [5.74, 6) is 0.670. The second-order valence-electron chi connectivity index (χ2n) is 13.7. The van der Waals surface area contributed by atoms with Gasteiger partial charge in [-0.2, -0.15) is 4.89 Å². The first-order valence-electron chi connectivity index (χ1n) is 15.9. The monoisotopic (exact) mass is 626 g/mol. The lowest BCUT2D eigenvalue weighted by Gasteiger charge is -2.42. The van der Waals surface area contributed by atoms with Crippen molar-refractivity contribution in [2.45, 2.75) is 103 Å². The zero-order chi connectivity index (χ0) is 32.5. The van der Waals surface area contributed by atoms with Crippen molar-refractivity contribution in [2.24, 2.45) is 34.5 Å². The van der Waals surface area contributed by atoms with E-state index in [4.69, 9.17) is 24.0 Å². The van der Waals surface area contributed by atoms with Gasteiger partial charge in [0.2, 0.25) is 0 Å². The van der Waals surface area contributed by atoms with Crippen molar-refractivity contribution in [2.75, 3.05) is 26.5 Å². The van der Waals surface area contributed by atoms with Crippen molar-refractivity contribution in [3.8, 4) is 0 Å². The lowest BCUT2D eigenvalue weighted by Crippen LogP contribution is -2.46. The number of unbranched alkanes of at least 4 members (excludes halogenated alkanes) is 1. The van der Waals surface area contributed by atoms with Crippen molar-refractivity contribution >= 4 is 17.9 Å². The zero-order valence-corrected chi connectivity index (χ0v) is 26.5. The third-order valence-electron chi connectivity index (χ3n) is 9.44. The molecule has 3 aliphatic carbocycles. The van der Waals surface area contributed by atoms with Crippen LogP contribution in [0.3, 0.4) is 0 Å². The largest absolute Gasteiger partial charge is 0.462 e. The predicted molar refractivity (Wildman–Crippen MR) is 158 cm³/mol. The molecule has 0 aromatic carbocycles. The molecule has 0 spiro atoms. The maximum atomic E-state index is 13.9. The van der Waals surface area contributed by atoms with Crippen LogP contribution in [0.25, 0.3) is 0 Å². The minimum absolute atomic E-state index is 0.00168. The number of esters is 3. The third-order valence-corrected chi connectivity index (χ3v) is 9.44. The summed E-state index contributed by atoms with van der Waals surface area (Å²) in [5, 5.41) is 21.0. The van der Waals surface area contributed by atoms with Crippen LogP contribution in [0.15, 0.2) is 25.0 Å². The number of fused-ring (bicyclic) bond motifs is 5. The number of aliphatic hydroxyl groups is 2. The second kappa shape index (κ2) is 16.2. The lowest BCUT2D eigenvalue weighted by molar-refractivity contribution is -0.278. The Morgan fingerprint density at radius 2 is 1.70 bits per heavy atom. The van der Waals surface area contributed by atoms with E-state index in [1.807, 2.05) is 0 Å². The molecular weight excluding hydrogens is 575 g/mol. The molecule has 0 aromatic heterocycles. The number of carbonyl (C=O) groups is 3. The molecule has 3 fully saturated rings. The SMILES string of the molecule is C=CCOC(=O)C(C)(C)CC(C)(CF)C(=O)OCC(O)COOC(=C)CCCCC(=O)OC1CCC2C3CCC(C3)C2C1O. The van der Waals surface area contributed by atoms with Crippen molar-refractivity contribution in [3.05, 3.63) is 25.0 Å². The van der Waals surface area contributed by atoms with Crippen LogP contribution in [0.2, 0.25) is 0 Å².